The van der Waals surface area contributed by atoms with Gasteiger partial charge in [-0.05, 0) is 0 Å². The molecule has 0 atom stereocenters. The lowest BCUT2D eigenvalue weighted by Gasteiger charge is -1.96. The highest BCUT2D eigenvalue weighted by Gasteiger charge is 1.80. The minimum atomic E-state index is 0.0525. The second-order valence-electron chi connectivity index (χ2n) is 1.03. The molecule has 0 aromatic heterocycles. The van der Waals surface area contributed by atoms with E-state index in [1.165, 1.54) is 0 Å². The Hall–Kier alpha value is 0. The maximum absolute atomic E-state index is 6.66. The van der Waals surface area contributed by atoms with Gasteiger partial charge in [-0.3, -0.25) is 5.41 Å². The molecule has 0 saturated heterocycles. The van der Waals surface area contributed by atoms with E-state index in [2.05, 4.69) is 27.9 Å². The molecule has 0 radical (unpaired) electrons. The van der Waals surface area contributed by atoms with Gasteiger partial charge in [0.2, 0.25) is 0 Å². The number of guanidine groups is 1. The van der Waals surface area contributed by atoms with Gasteiger partial charge >= 0.3 is 0 Å². The van der Waals surface area contributed by atoms with Crippen molar-refractivity contribution in [3.63, 3.8) is 0 Å². The third-order valence-electron chi connectivity index (χ3n) is 0.410. The number of halogens is 1. The van der Waals surface area contributed by atoms with Crippen LogP contribution in [-0.4, -0.2) is 16.9 Å². The summed E-state index contributed by atoms with van der Waals surface area (Å²) in [4.78, 5) is 0. The Morgan fingerprint density at radius 2 is 2.43 bits per heavy atom. The fourth-order valence-electron chi connectivity index (χ4n) is 0.182. The highest BCUT2D eigenvalue weighted by molar-refractivity contribution is 14.1. The Morgan fingerprint density at radius 1 is 1.86 bits per heavy atom. The second kappa shape index (κ2) is 4.17. The van der Waals surface area contributed by atoms with Crippen molar-refractivity contribution >= 4 is 28.6 Å². The number of hydrogen-bond donors (Lipinski definition) is 3. The second-order valence-corrected chi connectivity index (χ2v) is 2.11. The zero-order chi connectivity index (χ0) is 5.70. The van der Waals surface area contributed by atoms with Gasteiger partial charge in [0, 0.05) is 11.0 Å². The first-order valence-corrected chi connectivity index (χ1v) is 3.44. The molecular weight excluding hydrogens is 205 g/mol. The van der Waals surface area contributed by atoms with Crippen LogP contribution in [0.2, 0.25) is 0 Å². The summed E-state index contributed by atoms with van der Waals surface area (Å²) in [6.45, 7) is 0.788. The van der Waals surface area contributed by atoms with E-state index in [1.807, 2.05) is 0 Å². The summed E-state index contributed by atoms with van der Waals surface area (Å²) in [6.07, 6.45) is 0. The predicted molar refractivity (Wildman–Crippen MR) is 38.8 cm³/mol. The number of nitrogens with two attached hydrogens (primary N) is 1. The highest BCUT2D eigenvalue weighted by atomic mass is 127. The summed E-state index contributed by atoms with van der Waals surface area (Å²) in [5.74, 6) is 0.0525. The van der Waals surface area contributed by atoms with Crippen LogP contribution in [0.25, 0.3) is 0 Å². The van der Waals surface area contributed by atoms with Gasteiger partial charge in [-0.2, -0.15) is 0 Å². The maximum Gasteiger partial charge on any atom is 0.185 e. The molecule has 0 aliphatic carbocycles. The molecular formula is C3H8IN3. The molecule has 0 aromatic rings. The molecule has 0 aliphatic rings. The minimum absolute atomic E-state index is 0.0525. The molecule has 0 heterocycles. The smallest absolute Gasteiger partial charge is 0.185 e. The van der Waals surface area contributed by atoms with Crippen LogP contribution in [0, 0.1) is 5.41 Å². The van der Waals surface area contributed by atoms with Crippen molar-refractivity contribution in [2.24, 2.45) is 5.73 Å². The van der Waals surface area contributed by atoms with E-state index in [9.17, 15) is 0 Å². The summed E-state index contributed by atoms with van der Waals surface area (Å²) in [6, 6.07) is 0. The predicted octanol–water partition coefficient (Wildman–Crippen LogP) is -0.0955. The SMILES string of the molecule is N=C(N)NCCI. The topological polar surface area (TPSA) is 61.9 Å². The van der Waals surface area contributed by atoms with Crippen LogP contribution in [0.4, 0.5) is 0 Å². The highest BCUT2D eigenvalue weighted by Crippen LogP contribution is 1.73. The summed E-state index contributed by atoms with van der Waals surface area (Å²) in [7, 11) is 0. The number of alkyl halides is 1. The van der Waals surface area contributed by atoms with Crippen LogP contribution in [0.5, 0.6) is 0 Å². The lowest BCUT2D eigenvalue weighted by molar-refractivity contribution is 0.965. The van der Waals surface area contributed by atoms with Crippen LogP contribution in [-0.2, 0) is 0 Å². The molecule has 4 N–H and O–H groups in total. The summed E-state index contributed by atoms with van der Waals surface area (Å²) in [5, 5.41) is 9.31. The molecule has 42 valence electrons. The average molecular weight is 213 g/mol. The van der Waals surface area contributed by atoms with Crippen molar-refractivity contribution in [1.29, 1.82) is 5.41 Å². The molecule has 0 rings (SSSR count). The Balaban J connectivity index is 2.82. The molecule has 3 nitrogen and oxygen atoms in total. The standard InChI is InChI=1S/C3H8IN3/c4-1-2-7-3(5)6/h1-2H2,(H4,5,6,7). The molecule has 4 heteroatoms. The van der Waals surface area contributed by atoms with Gasteiger partial charge in [-0.1, -0.05) is 22.6 Å². The zero-order valence-electron chi connectivity index (χ0n) is 3.87. The monoisotopic (exact) mass is 213 g/mol. The first-order chi connectivity index (χ1) is 3.27. The van der Waals surface area contributed by atoms with Crippen molar-refractivity contribution in [2.45, 2.75) is 0 Å². The third-order valence-corrected chi connectivity index (χ3v) is 0.949. The molecule has 0 amide bonds. The van der Waals surface area contributed by atoms with Crippen LogP contribution >= 0.6 is 22.6 Å². The van der Waals surface area contributed by atoms with Crippen LogP contribution < -0.4 is 11.1 Å². The molecule has 0 aromatic carbocycles. The van der Waals surface area contributed by atoms with E-state index in [1.54, 1.807) is 0 Å². The Kier molecular flexibility index (Phi) is 4.17. The van der Waals surface area contributed by atoms with E-state index < -0.39 is 0 Å². The van der Waals surface area contributed by atoms with Crippen molar-refractivity contribution in [1.82, 2.24) is 5.32 Å². The van der Waals surface area contributed by atoms with Crippen LogP contribution in [0.1, 0.15) is 0 Å². The van der Waals surface area contributed by atoms with E-state index in [0.29, 0.717) is 0 Å². The fraction of sp³-hybridized carbons (Fsp3) is 0.667. The quantitative estimate of drug-likeness (QED) is 0.259. The van der Waals surface area contributed by atoms with Crippen molar-refractivity contribution in [2.75, 3.05) is 11.0 Å². The fourth-order valence-corrected chi connectivity index (χ4v) is 0.452. The minimum Gasteiger partial charge on any atom is -0.370 e. The maximum atomic E-state index is 6.66. The van der Waals surface area contributed by atoms with Gasteiger partial charge in [0.1, 0.15) is 0 Å². The van der Waals surface area contributed by atoms with Gasteiger partial charge in [-0.25, -0.2) is 0 Å². The van der Waals surface area contributed by atoms with E-state index in [-0.39, 0.29) is 5.96 Å². The molecule has 0 aliphatic heterocycles. The summed E-state index contributed by atoms with van der Waals surface area (Å²) < 4.78 is 0.983. The van der Waals surface area contributed by atoms with Gasteiger partial charge in [0.05, 0.1) is 0 Å². The lowest BCUT2D eigenvalue weighted by Crippen LogP contribution is -2.31. The Morgan fingerprint density at radius 3 is 2.57 bits per heavy atom. The van der Waals surface area contributed by atoms with Crippen molar-refractivity contribution in [3.05, 3.63) is 0 Å². The molecule has 0 saturated carbocycles. The average Bonchev–Trinajstić information content (AvgIpc) is 1.61. The van der Waals surface area contributed by atoms with E-state index in [0.717, 1.165) is 11.0 Å². The first kappa shape index (κ1) is 7.00. The van der Waals surface area contributed by atoms with Crippen molar-refractivity contribution < 1.29 is 0 Å². The van der Waals surface area contributed by atoms with Gasteiger partial charge < -0.3 is 11.1 Å². The molecule has 0 bridgehead atoms. The lowest BCUT2D eigenvalue weighted by atomic mass is 10.7. The normalized spacial score (nSPS) is 8.14. The van der Waals surface area contributed by atoms with E-state index in [4.69, 9.17) is 11.1 Å². The van der Waals surface area contributed by atoms with Crippen LogP contribution in [0.15, 0.2) is 0 Å². The Labute approximate surface area is 56.3 Å². The largest absolute Gasteiger partial charge is 0.370 e. The van der Waals surface area contributed by atoms with Gasteiger partial charge in [-0.15, -0.1) is 0 Å². The van der Waals surface area contributed by atoms with Crippen LogP contribution in [0.3, 0.4) is 0 Å². The number of nitrogens with one attached hydrogen (secondary N) is 2. The van der Waals surface area contributed by atoms with Gasteiger partial charge in [0.15, 0.2) is 5.96 Å². The third kappa shape index (κ3) is 6.00. The Bertz CT molecular complexity index is 63.2. The number of rotatable bonds is 2. The summed E-state index contributed by atoms with van der Waals surface area (Å²) >= 11 is 2.21. The molecule has 0 spiro atoms. The zero-order valence-corrected chi connectivity index (χ0v) is 6.03. The van der Waals surface area contributed by atoms with Crippen molar-refractivity contribution in [3.8, 4) is 0 Å². The summed E-state index contributed by atoms with van der Waals surface area (Å²) in [5.41, 5.74) is 4.95. The van der Waals surface area contributed by atoms with E-state index >= 15 is 0 Å². The molecule has 0 unspecified atom stereocenters. The molecule has 7 heavy (non-hydrogen) atoms. The molecule has 0 fully saturated rings. The van der Waals surface area contributed by atoms with Gasteiger partial charge in [0.25, 0.3) is 0 Å². The first-order valence-electron chi connectivity index (χ1n) is 1.91. The number of hydrogen-bond acceptors (Lipinski definition) is 1.